The van der Waals surface area contributed by atoms with Gasteiger partial charge in [-0.25, -0.2) is 0 Å². The Balaban J connectivity index is 2.39. The molecule has 0 radical (unpaired) electrons. The second-order valence-electron chi connectivity index (χ2n) is 2.96. The van der Waals surface area contributed by atoms with Crippen LogP contribution in [0.3, 0.4) is 0 Å². The van der Waals surface area contributed by atoms with Crippen molar-refractivity contribution in [3.8, 4) is 0 Å². The fraction of sp³-hybridized carbons (Fsp3) is 0.556. The number of H-pyrrole nitrogens is 1. The third-order valence-electron chi connectivity index (χ3n) is 1.81. The molecule has 0 aliphatic rings. The van der Waals surface area contributed by atoms with Gasteiger partial charge in [-0.3, -0.25) is 9.89 Å². The van der Waals surface area contributed by atoms with Gasteiger partial charge in [0.25, 0.3) is 0 Å². The average Bonchev–Trinajstić information content (AvgIpc) is 2.62. The predicted octanol–water partition coefficient (Wildman–Crippen LogP) is 0.520. The zero-order valence-corrected chi connectivity index (χ0v) is 8.55. The summed E-state index contributed by atoms with van der Waals surface area (Å²) >= 11 is 0. The van der Waals surface area contributed by atoms with E-state index in [1.54, 1.807) is 0 Å². The molecular formula is C9H16N4O. The molecule has 1 aromatic rings. The van der Waals surface area contributed by atoms with Crippen molar-refractivity contribution in [2.45, 2.75) is 20.3 Å². The number of carbonyl (C=O) groups excluding carboxylic acids is 1. The molecule has 0 saturated carbocycles. The maximum absolute atomic E-state index is 11.2. The Hall–Kier alpha value is -1.36. The van der Waals surface area contributed by atoms with Crippen molar-refractivity contribution in [2.24, 2.45) is 0 Å². The standard InChI is InChI=1S/C9H16N4O/c1-3-7-5-8(13-12-7)11-9(14)6-10-4-2/h5,10H,3-4,6H2,1-2H3,(H2,11,12,13,14). The Morgan fingerprint density at radius 2 is 2.36 bits per heavy atom. The quantitative estimate of drug-likeness (QED) is 0.643. The van der Waals surface area contributed by atoms with Crippen LogP contribution in [0.2, 0.25) is 0 Å². The Morgan fingerprint density at radius 1 is 1.57 bits per heavy atom. The van der Waals surface area contributed by atoms with Gasteiger partial charge in [0, 0.05) is 11.8 Å². The van der Waals surface area contributed by atoms with Crippen molar-refractivity contribution < 1.29 is 4.79 Å². The number of hydrogen-bond donors (Lipinski definition) is 3. The first-order valence-electron chi connectivity index (χ1n) is 4.81. The van der Waals surface area contributed by atoms with E-state index in [9.17, 15) is 4.79 Å². The van der Waals surface area contributed by atoms with Crippen LogP contribution >= 0.6 is 0 Å². The fourth-order valence-corrected chi connectivity index (χ4v) is 1.03. The molecule has 0 aliphatic carbocycles. The highest BCUT2D eigenvalue weighted by atomic mass is 16.2. The van der Waals surface area contributed by atoms with E-state index in [0.717, 1.165) is 18.7 Å². The first-order chi connectivity index (χ1) is 6.76. The number of carbonyl (C=O) groups is 1. The Bertz CT molecular complexity index is 295. The minimum Gasteiger partial charge on any atom is -0.309 e. The van der Waals surface area contributed by atoms with Gasteiger partial charge in [0.15, 0.2) is 5.82 Å². The lowest BCUT2D eigenvalue weighted by molar-refractivity contribution is -0.115. The van der Waals surface area contributed by atoms with Gasteiger partial charge >= 0.3 is 0 Å². The molecule has 1 heterocycles. The van der Waals surface area contributed by atoms with Gasteiger partial charge in [0.2, 0.25) is 5.91 Å². The van der Waals surface area contributed by atoms with Crippen molar-refractivity contribution in [1.29, 1.82) is 0 Å². The minimum absolute atomic E-state index is 0.0685. The second-order valence-corrected chi connectivity index (χ2v) is 2.96. The van der Waals surface area contributed by atoms with Crippen molar-refractivity contribution in [1.82, 2.24) is 15.5 Å². The van der Waals surface area contributed by atoms with Gasteiger partial charge in [0.05, 0.1) is 6.54 Å². The maximum Gasteiger partial charge on any atom is 0.239 e. The molecule has 78 valence electrons. The largest absolute Gasteiger partial charge is 0.309 e. The molecule has 14 heavy (non-hydrogen) atoms. The van der Waals surface area contributed by atoms with Crippen LogP contribution in [0.15, 0.2) is 6.07 Å². The van der Waals surface area contributed by atoms with Crippen molar-refractivity contribution in [3.63, 3.8) is 0 Å². The molecule has 1 aromatic heterocycles. The molecule has 0 aliphatic heterocycles. The summed E-state index contributed by atoms with van der Waals surface area (Å²) in [5.74, 6) is 0.519. The molecule has 0 fully saturated rings. The molecule has 0 atom stereocenters. The predicted molar refractivity (Wildman–Crippen MR) is 55.1 cm³/mol. The van der Waals surface area contributed by atoms with Gasteiger partial charge in [0.1, 0.15) is 0 Å². The van der Waals surface area contributed by atoms with E-state index in [2.05, 4.69) is 20.8 Å². The molecule has 5 heteroatoms. The van der Waals surface area contributed by atoms with Crippen LogP contribution in [0.4, 0.5) is 5.82 Å². The Kier molecular flexibility index (Phi) is 4.12. The molecule has 0 saturated heterocycles. The summed E-state index contributed by atoms with van der Waals surface area (Å²) in [6, 6.07) is 1.84. The minimum atomic E-state index is -0.0685. The lowest BCUT2D eigenvalue weighted by Gasteiger charge is -2.00. The molecular weight excluding hydrogens is 180 g/mol. The number of amides is 1. The Morgan fingerprint density at radius 3 is 2.93 bits per heavy atom. The highest BCUT2D eigenvalue weighted by Gasteiger charge is 2.03. The van der Waals surface area contributed by atoms with Crippen LogP contribution in [-0.4, -0.2) is 29.2 Å². The number of hydrogen-bond acceptors (Lipinski definition) is 3. The van der Waals surface area contributed by atoms with Gasteiger partial charge in [-0.15, -0.1) is 0 Å². The van der Waals surface area contributed by atoms with Gasteiger partial charge in [-0.05, 0) is 13.0 Å². The molecule has 0 spiro atoms. The monoisotopic (exact) mass is 196 g/mol. The number of nitrogens with one attached hydrogen (secondary N) is 3. The van der Waals surface area contributed by atoms with Crippen LogP contribution in [-0.2, 0) is 11.2 Å². The highest BCUT2D eigenvalue weighted by molar-refractivity contribution is 5.91. The number of aromatic amines is 1. The van der Waals surface area contributed by atoms with E-state index < -0.39 is 0 Å². The van der Waals surface area contributed by atoms with E-state index in [1.165, 1.54) is 0 Å². The third-order valence-corrected chi connectivity index (χ3v) is 1.81. The third kappa shape index (κ3) is 3.18. The first kappa shape index (κ1) is 10.7. The number of aromatic nitrogens is 2. The van der Waals surface area contributed by atoms with E-state index in [1.807, 2.05) is 19.9 Å². The maximum atomic E-state index is 11.2. The topological polar surface area (TPSA) is 69.8 Å². The van der Waals surface area contributed by atoms with Gasteiger partial charge in [-0.1, -0.05) is 13.8 Å². The highest BCUT2D eigenvalue weighted by Crippen LogP contribution is 2.04. The summed E-state index contributed by atoms with van der Waals surface area (Å²) in [6.45, 7) is 5.09. The van der Waals surface area contributed by atoms with Crippen molar-refractivity contribution in [2.75, 3.05) is 18.4 Å². The van der Waals surface area contributed by atoms with E-state index in [-0.39, 0.29) is 5.91 Å². The lowest BCUT2D eigenvalue weighted by atomic mass is 10.3. The molecule has 3 N–H and O–H groups in total. The number of likely N-dealkylation sites (N-methyl/N-ethyl adjacent to an activating group) is 1. The van der Waals surface area contributed by atoms with Crippen molar-refractivity contribution >= 4 is 11.7 Å². The summed E-state index contributed by atoms with van der Waals surface area (Å²) in [7, 11) is 0. The van der Waals surface area contributed by atoms with E-state index in [4.69, 9.17) is 0 Å². The number of aryl methyl sites for hydroxylation is 1. The number of nitrogens with zero attached hydrogens (tertiary/aromatic N) is 1. The Labute approximate surface area is 83.3 Å². The summed E-state index contributed by atoms with van der Waals surface area (Å²) in [5, 5.41) is 12.4. The SMILES string of the molecule is CCNCC(=O)Nc1cc(CC)[nH]n1. The van der Waals surface area contributed by atoms with Crippen LogP contribution in [0.5, 0.6) is 0 Å². The summed E-state index contributed by atoms with van der Waals surface area (Å²) < 4.78 is 0. The molecule has 0 unspecified atom stereocenters. The fourth-order valence-electron chi connectivity index (χ4n) is 1.03. The van der Waals surface area contributed by atoms with Gasteiger partial charge < -0.3 is 10.6 Å². The summed E-state index contributed by atoms with van der Waals surface area (Å²) in [5.41, 5.74) is 1.02. The number of rotatable bonds is 5. The molecule has 0 aromatic carbocycles. The van der Waals surface area contributed by atoms with Crippen LogP contribution in [0.25, 0.3) is 0 Å². The molecule has 5 nitrogen and oxygen atoms in total. The van der Waals surface area contributed by atoms with Gasteiger partial charge in [-0.2, -0.15) is 5.10 Å². The zero-order chi connectivity index (χ0) is 10.4. The van der Waals surface area contributed by atoms with E-state index in [0.29, 0.717) is 12.4 Å². The molecule has 1 rings (SSSR count). The summed E-state index contributed by atoms with van der Waals surface area (Å²) in [4.78, 5) is 11.2. The first-order valence-corrected chi connectivity index (χ1v) is 4.81. The zero-order valence-electron chi connectivity index (χ0n) is 8.55. The van der Waals surface area contributed by atoms with Crippen molar-refractivity contribution in [3.05, 3.63) is 11.8 Å². The average molecular weight is 196 g/mol. The van der Waals surface area contributed by atoms with Crippen LogP contribution < -0.4 is 10.6 Å². The smallest absolute Gasteiger partial charge is 0.239 e. The van der Waals surface area contributed by atoms with Crippen LogP contribution in [0, 0.1) is 0 Å². The normalized spacial score (nSPS) is 10.1. The second kappa shape index (κ2) is 5.39. The van der Waals surface area contributed by atoms with E-state index >= 15 is 0 Å². The molecule has 1 amide bonds. The van der Waals surface area contributed by atoms with Crippen LogP contribution in [0.1, 0.15) is 19.5 Å². The molecule has 0 bridgehead atoms. The number of anilines is 1. The lowest BCUT2D eigenvalue weighted by Crippen LogP contribution is -2.27. The summed E-state index contributed by atoms with van der Waals surface area (Å²) in [6.07, 6.45) is 0.885.